The summed E-state index contributed by atoms with van der Waals surface area (Å²) < 4.78 is 13.5. The Labute approximate surface area is 110 Å². The second-order valence-corrected chi connectivity index (χ2v) is 4.40. The summed E-state index contributed by atoms with van der Waals surface area (Å²) in [6.07, 6.45) is 1.35. The molecule has 0 aliphatic rings. The lowest BCUT2D eigenvalue weighted by Gasteiger charge is -2.14. The van der Waals surface area contributed by atoms with Crippen molar-refractivity contribution in [2.75, 3.05) is 5.73 Å². The Balaban J connectivity index is 2.13. The van der Waals surface area contributed by atoms with E-state index in [2.05, 4.69) is 15.5 Å². The summed E-state index contributed by atoms with van der Waals surface area (Å²) in [4.78, 5) is 11.9. The highest BCUT2D eigenvalue weighted by molar-refractivity contribution is 5.98. The number of rotatable bonds is 3. The summed E-state index contributed by atoms with van der Waals surface area (Å²) in [6.45, 7) is 3.47. The number of halogens is 1. The van der Waals surface area contributed by atoms with Gasteiger partial charge in [-0.25, -0.2) is 4.39 Å². The number of amides is 1. The monoisotopic (exact) mass is 262 g/mol. The van der Waals surface area contributed by atoms with Crippen LogP contribution in [0.2, 0.25) is 0 Å². The molecule has 6 heteroatoms. The topological polar surface area (TPSA) is 83.8 Å². The van der Waals surface area contributed by atoms with Crippen molar-refractivity contribution in [3.63, 3.8) is 0 Å². The van der Waals surface area contributed by atoms with Gasteiger partial charge in [0.1, 0.15) is 17.2 Å². The number of aryl methyl sites for hydroxylation is 1. The van der Waals surface area contributed by atoms with Gasteiger partial charge in [0.25, 0.3) is 5.91 Å². The fraction of sp³-hybridized carbons (Fsp3) is 0.231. The molecule has 4 N–H and O–H groups in total. The van der Waals surface area contributed by atoms with E-state index in [9.17, 15) is 9.18 Å². The molecule has 19 heavy (non-hydrogen) atoms. The average molecular weight is 262 g/mol. The number of carbonyl (C=O) groups excluding carboxylic acids is 1. The number of nitrogens with zero attached hydrogens (tertiary/aromatic N) is 1. The van der Waals surface area contributed by atoms with Crippen LogP contribution in [0.15, 0.2) is 24.4 Å². The highest BCUT2D eigenvalue weighted by Gasteiger charge is 2.15. The van der Waals surface area contributed by atoms with Crippen LogP contribution in [0.25, 0.3) is 0 Å². The van der Waals surface area contributed by atoms with Gasteiger partial charge in [-0.1, -0.05) is 12.1 Å². The number of carbonyl (C=O) groups is 1. The molecule has 100 valence electrons. The van der Waals surface area contributed by atoms with E-state index >= 15 is 0 Å². The van der Waals surface area contributed by atoms with Crippen LogP contribution >= 0.6 is 0 Å². The zero-order chi connectivity index (χ0) is 14.0. The number of hydrogen-bond acceptors (Lipinski definition) is 3. The van der Waals surface area contributed by atoms with Gasteiger partial charge in [0.2, 0.25) is 0 Å². The van der Waals surface area contributed by atoms with E-state index < -0.39 is 0 Å². The minimum absolute atomic E-state index is 0.208. The quantitative estimate of drug-likeness (QED) is 0.790. The molecule has 1 amide bonds. The van der Waals surface area contributed by atoms with E-state index in [4.69, 9.17) is 5.73 Å². The second kappa shape index (κ2) is 5.09. The summed E-state index contributed by atoms with van der Waals surface area (Å²) >= 11 is 0. The Morgan fingerprint density at radius 1 is 1.53 bits per heavy atom. The SMILES string of the molecule is Cc1ccc(C(C)NC(=O)c2cn[nH]c2N)cc1F. The molecule has 2 rings (SSSR count). The van der Waals surface area contributed by atoms with E-state index in [1.807, 2.05) is 0 Å². The van der Waals surface area contributed by atoms with Gasteiger partial charge in [0.05, 0.1) is 12.2 Å². The lowest BCUT2D eigenvalue weighted by Crippen LogP contribution is -2.27. The van der Waals surface area contributed by atoms with Crippen molar-refractivity contribution < 1.29 is 9.18 Å². The summed E-state index contributed by atoms with van der Waals surface area (Å²) in [6, 6.07) is 4.55. The number of hydrogen-bond donors (Lipinski definition) is 3. The van der Waals surface area contributed by atoms with E-state index in [0.29, 0.717) is 11.1 Å². The van der Waals surface area contributed by atoms with Crippen molar-refractivity contribution in [2.24, 2.45) is 0 Å². The standard InChI is InChI=1S/C13H15FN4O/c1-7-3-4-9(5-11(7)14)8(2)17-13(19)10-6-16-18-12(10)15/h3-6,8H,1-2H3,(H,17,19)(H3,15,16,18). The molecule has 1 aromatic carbocycles. The third-order valence-electron chi connectivity index (χ3n) is 2.96. The van der Waals surface area contributed by atoms with Crippen molar-refractivity contribution in [1.82, 2.24) is 15.5 Å². The third kappa shape index (κ3) is 2.73. The van der Waals surface area contributed by atoms with Gasteiger partial charge in [-0.2, -0.15) is 5.10 Å². The molecule has 1 unspecified atom stereocenters. The maximum atomic E-state index is 13.5. The molecule has 0 fully saturated rings. The average Bonchev–Trinajstić information content (AvgIpc) is 2.79. The highest BCUT2D eigenvalue weighted by atomic mass is 19.1. The molecule has 0 bridgehead atoms. The number of benzene rings is 1. The van der Waals surface area contributed by atoms with Gasteiger partial charge < -0.3 is 11.1 Å². The fourth-order valence-electron chi connectivity index (χ4n) is 1.71. The number of anilines is 1. The summed E-state index contributed by atoms with van der Waals surface area (Å²) in [5.41, 5.74) is 7.10. The minimum Gasteiger partial charge on any atom is -0.383 e. The van der Waals surface area contributed by atoms with Crippen LogP contribution in [0.4, 0.5) is 10.2 Å². The predicted molar refractivity (Wildman–Crippen MR) is 70.0 cm³/mol. The van der Waals surface area contributed by atoms with Crippen molar-refractivity contribution in [3.05, 3.63) is 46.9 Å². The van der Waals surface area contributed by atoms with Crippen molar-refractivity contribution in [2.45, 2.75) is 19.9 Å². The first-order valence-corrected chi connectivity index (χ1v) is 5.84. The van der Waals surface area contributed by atoms with Gasteiger partial charge in [-0.15, -0.1) is 0 Å². The lowest BCUT2D eigenvalue weighted by atomic mass is 10.1. The van der Waals surface area contributed by atoms with Gasteiger partial charge in [-0.05, 0) is 31.0 Å². The molecule has 1 heterocycles. The van der Waals surface area contributed by atoms with Gasteiger partial charge in [0.15, 0.2) is 0 Å². The maximum absolute atomic E-state index is 13.5. The Hall–Kier alpha value is -2.37. The molecule has 0 saturated carbocycles. The maximum Gasteiger partial charge on any atom is 0.257 e. The first-order chi connectivity index (χ1) is 8.99. The Bertz CT molecular complexity index is 608. The molecule has 2 aromatic rings. The van der Waals surface area contributed by atoms with E-state index in [-0.39, 0.29) is 29.1 Å². The second-order valence-electron chi connectivity index (χ2n) is 4.40. The van der Waals surface area contributed by atoms with Crippen LogP contribution in [0.5, 0.6) is 0 Å². The van der Waals surface area contributed by atoms with E-state index in [0.717, 1.165) is 0 Å². The molecule has 0 radical (unpaired) electrons. The molecular weight excluding hydrogens is 247 g/mol. The summed E-state index contributed by atoms with van der Waals surface area (Å²) in [7, 11) is 0. The van der Waals surface area contributed by atoms with Crippen molar-refractivity contribution in [3.8, 4) is 0 Å². The van der Waals surface area contributed by atoms with Crippen LogP contribution < -0.4 is 11.1 Å². The summed E-state index contributed by atoms with van der Waals surface area (Å²) in [5.74, 6) is -0.430. The number of aromatic amines is 1. The van der Waals surface area contributed by atoms with Crippen LogP contribution in [-0.4, -0.2) is 16.1 Å². The molecule has 1 aromatic heterocycles. The van der Waals surface area contributed by atoms with Crippen LogP contribution in [0, 0.1) is 12.7 Å². The Morgan fingerprint density at radius 2 is 2.26 bits per heavy atom. The zero-order valence-electron chi connectivity index (χ0n) is 10.7. The largest absolute Gasteiger partial charge is 0.383 e. The first kappa shape index (κ1) is 13.1. The number of H-pyrrole nitrogens is 1. The zero-order valence-corrected chi connectivity index (χ0v) is 10.7. The lowest BCUT2D eigenvalue weighted by molar-refractivity contribution is 0.0941. The van der Waals surface area contributed by atoms with Gasteiger partial charge in [-0.3, -0.25) is 9.89 Å². The molecule has 5 nitrogen and oxygen atoms in total. The smallest absolute Gasteiger partial charge is 0.257 e. The van der Waals surface area contributed by atoms with Crippen molar-refractivity contribution in [1.29, 1.82) is 0 Å². The van der Waals surface area contributed by atoms with Crippen LogP contribution in [0.1, 0.15) is 34.5 Å². The number of nitrogens with two attached hydrogens (primary N) is 1. The van der Waals surface area contributed by atoms with E-state index in [1.165, 1.54) is 12.3 Å². The van der Waals surface area contributed by atoms with Gasteiger partial charge >= 0.3 is 0 Å². The molecule has 0 spiro atoms. The number of nitrogens with one attached hydrogen (secondary N) is 2. The fourth-order valence-corrected chi connectivity index (χ4v) is 1.71. The Kier molecular flexibility index (Phi) is 3.50. The Morgan fingerprint density at radius 3 is 2.84 bits per heavy atom. The van der Waals surface area contributed by atoms with Crippen molar-refractivity contribution >= 4 is 11.7 Å². The minimum atomic E-state index is -0.347. The molecule has 0 saturated heterocycles. The molecular formula is C13H15FN4O. The predicted octanol–water partition coefficient (Wildman–Crippen LogP) is 1.93. The number of nitrogen functional groups attached to an aromatic ring is 1. The van der Waals surface area contributed by atoms with E-state index in [1.54, 1.807) is 26.0 Å². The molecule has 0 aliphatic heterocycles. The normalized spacial score (nSPS) is 12.2. The summed E-state index contributed by atoms with van der Waals surface area (Å²) in [5, 5.41) is 8.90. The van der Waals surface area contributed by atoms with Gasteiger partial charge in [0, 0.05) is 0 Å². The van der Waals surface area contributed by atoms with Crippen LogP contribution in [-0.2, 0) is 0 Å². The molecule has 1 atom stereocenters. The third-order valence-corrected chi connectivity index (χ3v) is 2.96. The molecule has 0 aliphatic carbocycles. The highest BCUT2D eigenvalue weighted by Crippen LogP contribution is 2.17. The van der Waals surface area contributed by atoms with Crippen LogP contribution in [0.3, 0.4) is 0 Å². The first-order valence-electron chi connectivity index (χ1n) is 5.84. The number of aromatic nitrogens is 2.